The van der Waals surface area contributed by atoms with Gasteiger partial charge < -0.3 is 0 Å². The second-order valence-electron chi connectivity index (χ2n) is 8.00. The van der Waals surface area contributed by atoms with Gasteiger partial charge in [0.1, 0.15) is 5.54 Å². The smallest absolute Gasteiger partial charge is 0.265 e. The van der Waals surface area contributed by atoms with Crippen molar-refractivity contribution >= 4 is 23.7 Å². The Morgan fingerprint density at radius 2 is 1.83 bits per heavy atom. The fourth-order valence-electron chi connectivity index (χ4n) is 3.25. The fraction of sp³-hybridized carbons (Fsp3) is 0.333. The molecule has 2 amide bonds. The van der Waals surface area contributed by atoms with Gasteiger partial charge >= 0.3 is 0 Å². The summed E-state index contributed by atoms with van der Waals surface area (Å²) in [6.07, 6.45) is 1.53. The molecule has 0 unspecified atom stereocenters. The summed E-state index contributed by atoms with van der Waals surface area (Å²) in [7, 11) is 0. The molecule has 0 aliphatic carbocycles. The van der Waals surface area contributed by atoms with E-state index in [-0.39, 0.29) is 17.7 Å². The Bertz CT molecular complexity index is 1050. The van der Waals surface area contributed by atoms with Crippen LogP contribution in [0, 0.1) is 31.1 Å². The van der Waals surface area contributed by atoms with E-state index in [2.05, 4.69) is 11.1 Å². The molecule has 0 bridgehead atoms. The van der Waals surface area contributed by atoms with Gasteiger partial charge in [-0.3, -0.25) is 14.6 Å². The third-order valence-corrected chi connectivity index (χ3v) is 5.81. The van der Waals surface area contributed by atoms with E-state index in [4.69, 9.17) is 0 Å². The Morgan fingerprint density at radius 3 is 2.45 bits per heavy atom. The highest BCUT2D eigenvalue weighted by atomic mass is 16.2. The molecule has 0 fully saturated rings. The Labute approximate surface area is 171 Å². The Kier molecular flexibility index (Phi) is 5.39. The zero-order valence-electron chi connectivity index (χ0n) is 17.4. The topological polar surface area (TPSA) is 73.5 Å². The molecule has 2 aromatic rings. The SMILES string of the molecule is Cc1ccc(N2C(=O)c3ccccc3[C@@H](C=N[C@](C)(C#N)C(C)C)C2=O)cc1C. The van der Waals surface area contributed by atoms with Crippen LogP contribution in [0.25, 0.3) is 0 Å². The molecule has 0 aromatic heterocycles. The first-order valence-electron chi connectivity index (χ1n) is 9.70. The molecule has 1 heterocycles. The van der Waals surface area contributed by atoms with Gasteiger partial charge in [0.2, 0.25) is 5.91 Å². The molecule has 1 aliphatic rings. The lowest BCUT2D eigenvalue weighted by Crippen LogP contribution is -2.45. The molecular weight excluding hydrogens is 362 g/mol. The van der Waals surface area contributed by atoms with Crippen LogP contribution < -0.4 is 4.90 Å². The van der Waals surface area contributed by atoms with Crippen molar-refractivity contribution < 1.29 is 9.59 Å². The zero-order valence-corrected chi connectivity index (χ0v) is 17.4. The standard InChI is InChI=1S/C24H25N3O2/c1-15(2)24(5,14-25)26-13-21-19-8-6-7-9-20(19)22(28)27(23(21)29)18-11-10-16(3)17(4)12-18/h6-13,15,21H,1-5H3/t21-,24-/m1/s1. The highest BCUT2D eigenvalue weighted by molar-refractivity contribution is 6.29. The molecule has 3 rings (SSSR count). The number of aliphatic imine (C=N–C) groups is 1. The maximum absolute atomic E-state index is 13.4. The molecule has 0 N–H and O–H groups in total. The number of nitriles is 1. The molecule has 0 radical (unpaired) electrons. The van der Waals surface area contributed by atoms with Crippen LogP contribution in [0.1, 0.15) is 53.7 Å². The van der Waals surface area contributed by atoms with Crippen molar-refractivity contribution in [2.75, 3.05) is 4.90 Å². The van der Waals surface area contributed by atoms with Crippen molar-refractivity contribution in [3.05, 3.63) is 64.7 Å². The molecule has 2 atom stereocenters. The highest BCUT2D eigenvalue weighted by Crippen LogP contribution is 2.33. The number of benzene rings is 2. The Morgan fingerprint density at radius 1 is 1.14 bits per heavy atom. The number of amides is 2. The first-order valence-corrected chi connectivity index (χ1v) is 9.70. The van der Waals surface area contributed by atoms with Gasteiger partial charge in [-0.1, -0.05) is 38.1 Å². The van der Waals surface area contributed by atoms with Crippen LogP contribution in [0.2, 0.25) is 0 Å². The van der Waals surface area contributed by atoms with Crippen LogP contribution >= 0.6 is 0 Å². The molecular formula is C24H25N3O2. The normalized spacial score (nSPS) is 18.7. The van der Waals surface area contributed by atoms with Crippen molar-refractivity contribution in [3.63, 3.8) is 0 Å². The number of nitrogens with zero attached hydrogens (tertiary/aromatic N) is 3. The number of aryl methyl sites for hydroxylation is 2. The second kappa shape index (κ2) is 7.63. The van der Waals surface area contributed by atoms with E-state index >= 15 is 0 Å². The summed E-state index contributed by atoms with van der Waals surface area (Å²) in [5.74, 6) is -1.44. The molecule has 5 heteroatoms. The minimum Gasteiger partial charge on any atom is -0.275 e. The number of anilines is 1. The minimum absolute atomic E-state index is 0.0184. The third-order valence-electron chi connectivity index (χ3n) is 5.81. The molecule has 0 saturated heterocycles. The number of hydrogen-bond donors (Lipinski definition) is 0. The second-order valence-corrected chi connectivity index (χ2v) is 8.00. The van der Waals surface area contributed by atoms with Gasteiger partial charge in [0.25, 0.3) is 5.91 Å². The van der Waals surface area contributed by atoms with E-state index in [9.17, 15) is 14.9 Å². The molecule has 2 aromatic carbocycles. The van der Waals surface area contributed by atoms with E-state index in [0.29, 0.717) is 16.8 Å². The van der Waals surface area contributed by atoms with Crippen LogP contribution in [0.3, 0.4) is 0 Å². The number of fused-ring (bicyclic) bond motifs is 1. The van der Waals surface area contributed by atoms with E-state index in [0.717, 1.165) is 11.1 Å². The number of hydrogen-bond acceptors (Lipinski definition) is 4. The Hall–Kier alpha value is -3.26. The molecule has 0 saturated carbocycles. The summed E-state index contributed by atoms with van der Waals surface area (Å²) in [6, 6.07) is 14.9. The lowest BCUT2D eigenvalue weighted by atomic mass is 9.87. The number of rotatable bonds is 4. The summed E-state index contributed by atoms with van der Waals surface area (Å²) >= 11 is 0. The van der Waals surface area contributed by atoms with Gasteiger partial charge in [0, 0.05) is 11.8 Å². The monoisotopic (exact) mass is 387 g/mol. The van der Waals surface area contributed by atoms with Crippen molar-refractivity contribution in [1.29, 1.82) is 5.26 Å². The van der Waals surface area contributed by atoms with Crippen molar-refractivity contribution in [2.45, 2.75) is 46.1 Å². The summed E-state index contributed by atoms with van der Waals surface area (Å²) in [5.41, 5.74) is 2.79. The van der Waals surface area contributed by atoms with Gasteiger partial charge in [0.05, 0.1) is 17.7 Å². The quantitative estimate of drug-likeness (QED) is 0.569. The highest BCUT2D eigenvalue weighted by Gasteiger charge is 2.39. The van der Waals surface area contributed by atoms with Crippen molar-refractivity contribution in [3.8, 4) is 6.07 Å². The van der Waals surface area contributed by atoms with Crippen molar-refractivity contribution in [1.82, 2.24) is 0 Å². The fourth-order valence-corrected chi connectivity index (χ4v) is 3.25. The average molecular weight is 387 g/mol. The number of imide groups is 1. The molecule has 1 aliphatic heterocycles. The summed E-state index contributed by atoms with van der Waals surface area (Å²) in [4.78, 5) is 32.3. The van der Waals surface area contributed by atoms with E-state index in [1.165, 1.54) is 11.1 Å². The average Bonchev–Trinajstić information content (AvgIpc) is 2.70. The van der Waals surface area contributed by atoms with Crippen LogP contribution in [0.5, 0.6) is 0 Å². The predicted molar refractivity (Wildman–Crippen MR) is 114 cm³/mol. The first kappa shape index (κ1) is 20.5. The zero-order chi connectivity index (χ0) is 21.3. The van der Waals surface area contributed by atoms with Crippen molar-refractivity contribution in [2.24, 2.45) is 10.9 Å². The van der Waals surface area contributed by atoms with E-state index < -0.39 is 11.5 Å². The molecule has 0 spiro atoms. The molecule has 5 nitrogen and oxygen atoms in total. The van der Waals surface area contributed by atoms with Crippen LogP contribution in [0.4, 0.5) is 5.69 Å². The van der Waals surface area contributed by atoms with Crippen LogP contribution in [-0.2, 0) is 4.79 Å². The lowest BCUT2D eigenvalue weighted by Gasteiger charge is -2.32. The first-order chi connectivity index (χ1) is 13.7. The van der Waals surface area contributed by atoms with E-state index in [1.54, 1.807) is 37.3 Å². The van der Waals surface area contributed by atoms with Crippen LogP contribution in [-0.4, -0.2) is 23.6 Å². The maximum Gasteiger partial charge on any atom is 0.265 e. The largest absolute Gasteiger partial charge is 0.275 e. The maximum atomic E-state index is 13.4. The van der Waals surface area contributed by atoms with E-state index in [1.807, 2.05) is 39.8 Å². The molecule has 29 heavy (non-hydrogen) atoms. The van der Waals surface area contributed by atoms with Gasteiger partial charge in [-0.15, -0.1) is 0 Å². The number of carbonyl (C=O) groups is 2. The summed E-state index contributed by atoms with van der Waals surface area (Å²) in [5, 5.41) is 9.56. The lowest BCUT2D eigenvalue weighted by molar-refractivity contribution is -0.118. The third kappa shape index (κ3) is 3.58. The van der Waals surface area contributed by atoms with Gasteiger partial charge in [-0.05, 0) is 61.6 Å². The molecule has 148 valence electrons. The van der Waals surface area contributed by atoms with Crippen LogP contribution in [0.15, 0.2) is 47.5 Å². The predicted octanol–water partition coefficient (Wildman–Crippen LogP) is 4.58. The summed E-state index contributed by atoms with van der Waals surface area (Å²) in [6.45, 7) is 9.52. The van der Waals surface area contributed by atoms with Gasteiger partial charge in [-0.25, -0.2) is 4.90 Å². The number of carbonyl (C=O) groups excluding carboxylic acids is 2. The van der Waals surface area contributed by atoms with Gasteiger partial charge in [0.15, 0.2) is 0 Å². The summed E-state index contributed by atoms with van der Waals surface area (Å²) < 4.78 is 0. The Balaban J connectivity index is 2.12. The minimum atomic E-state index is -0.943. The van der Waals surface area contributed by atoms with Gasteiger partial charge in [-0.2, -0.15) is 5.26 Å².